The summed E-state index contributed by atoms with van der Waals surface area (Å²) in [5.74, 6) is 1.42. The van der Waals surface area contributed by atoms with E-state index in [1.54, 1.807) is 19.1 Å². The number of nitrogens with zero attached hydrogens (tertiary/aromatic N) is 2. The van der Waals surface area contributed by atoms with Crippen molar-refractivity contribution in [1.82, 2.24) is 9.97 Å². The Morgan fingerprint density at radius 3 is 2.60 bits per heavy atom. The molecule has 20 heavy (non-hydrogen) atoms. The molecule has 1 aromatic carbocycles. The van der Waals surface area contributed by atoms with Crippen LogP contribution in [0.15, 0.2) is 18.2 Å². The second-order valence-corrected chi connectivity index (χ2v) is 4.76. The van der Waals surface area contributed by atoms with Gasteiger partial charge in [-0.3, -0.25) is 0 Å². The molecular weight excluding hydrogens is 279 g/mol. The van der Waals surface area contributed by atoms with Gasteiger partial charge in [0.1, 0.15) is 17.5 Å². The summed E-state index contributed by atoms with van der Waals surface area (Å²) in [6, 6.07) is 4.80. The summed E-state index contributed by atoms with van der Waals surface area (Å²) in [6.07, 6.45) is 0. The maximum atomic E-state index is 13.9. The Kier molecular flexibility index (Phi) is 4.39. The number of halogens is 2. The van der Waals surface area contributed by atoms with E-state index in [-0.39, 0.29) is 5.02 Å². The van der Waals surface area contributed by atoms with Crippen molar-refractivity contribution in [3.05, 3.63) is 40.4 Å². The number of benzene rings is 1. The zero-order valence-corrected chi connectivity index (χ0v) is 12.3. The van der Waals surface area contributed by atoms with E-state index in [0.29, 0.717) is 17.3 Å². The van der Waals surface area contributed by atoms with E-state index in [2.05, 4.69) is 20.6 Å². The Morgan fingerprint density at radius 2 is 1.90 bits per heavy atom. The second-order valence-electron chi connectivity index (χ2n) is 4.35. The summed E-state index contributed by atoms with van der Waals surface area (Å²) in [7, 11) is 0. The highest BCUT2D eigenvalue weighted by atomic mass is 35.5. The highest BCUT2D eigenvalue weighted by Gasteiger charge is 2.12. The summed E-state index contributed by atoms with van der Waals surface area (Å²) in [5, 5.41) is 6.20. The minimum absolute atomic E-state index is 0.0744. The molecule has 0 atom stereocenters. The second kappa shape index (κ2) is 6.05. The van der Waals surface area contributed by atoms with Crippen LogP contribution < -0.4 is 10.6 Å². The van der Waals surface area contributed by atoms with Crippen molar-refractivity contribution in [2.45, 2.75) is 20.8 Å². The number of hydrogen-bond acceptors (Lipinski definition) is 4. The van der Waals surface area contributed by atoms with Gasteiger partial charge in [-0.25, -0.2) is 14.4 Å². The van der Waals surface area contributed by atoms with Gasteiger partial charge in [-0.2, -0.15) is 0 Å². The minimum Gasteiger partial charge on any atom is -0.370 e. The van der Waals surface area contributed by atoms with Crippen molar-refractivity contribution in [3.63, 3.8) is 0 Å². The van der Waals surface area contributed by atoms with Crippen molar-refractivity contribution in [2.75, 3.05) is 17.2 Å². The summed E-state index contributed by atoms with van der Waals surface area (Å²) in [4.78, 5) is 8.63. The summed E-state index contributed by atoms with van der Waals surface area (Å²) in [5.41, 5.74) is 1.12. The van der Waals surface area contributed by atoms with E-state index < -0.39 is 5.82 Å². The SMILES string of the molecule is CCNc1nc(C)nc(Nc2cccc(Cl)c2F)c1C. The zero-order chi connectivity index (χ0) is 14.7. The summed E-state index contributed by atoms with van der Waals surface area (Å²) in [6.45, 7) is 6.41. The van der Waals surface area contributed by atoms with Crippen molar-refractivity contribution in [1.29, 1.82) is 0 Å². The van der Waals surface area contributed by atoms with E-state index in [0.717, 1.165) is 17.9 Å². The van der Waals surface area contributed by atoms with Crippen LogP contribution in [0.2, 0.25) is 5.02 Å². The molecule has 0 saturated carbocycles. The maximum Gasteiger partial charge on any atom is 0.165 e. The molecule has 0 unspecified atom stereocenters. The lowest BCUT2D eigenvalue weighted by Crippen LogP contribution is -2.08. The van der Waals surface area contributed by atoms with Crippen LogP contribution in [0.3, 0.4) is 0 Å². The smallest absolute Gasteiger partial charge is 0.165 e. The highest BCUT2D eigenvalue weighted by molar-refractivity contribution is 6.31. The van der Waals surface area contributed by atoms with Crippen molar-refractivity contribution >= 4 is 28.9 Å². The predicted octanol–water partition coefficient (Wildman–Crippen LogP) is 4.06. The lowest BCUT2D eigenvalue weighted by molar-refractivity contribution is 0.632. The largest absolute Gasteiger partial charge is 0.370 e. The average Bonchev–Trinajstić information content (AvgIpc) is 2.40. The van der Waals surface area contributed by atoms with Crippen LogP contribution in [0, 0.1) is 19.7 Å². The molecule has 0 fully saturated rings. The molecule has 0 amide bonds. The van der Waals surface area contributed by atoms with E-state index in [4.69, 9.17) is 11.6 Å². The van der Waals surface area contributed by atoms with Gasteiger partial charge in [0.25, 0.3) is 0 Å². The molecule has 4 nitrogen and oxygen atoms in total. The third kappa shape index (κ3) is 2.99. The molecule has 106 valence electrons. The van der Waals surface area contributed by atoms with Gasteiger partial charge >= 0.3 is 0 Å². The first-order chi connectivity index (χ1) is 9.52. The first kappa shape index (κ1) is 14.5. The molecule has 2 rings (SSSR count). The molecule has 0 radical (unpaired) electrons. The molecule has 2 N–H and O–H groups in total. The van der Waals surface area contributed by atoms with E-state index in [1.807, 2.05) is 13.8 Å². The van der Waals surface area contributed by atoms with Crippen LogP contribution in [-0.4, -0.2) is 16.5 Å². The molecule has 0 aliphatic heterocycles. The van der Waals surface area contributed by atoms with E-state index >= 15 is 0 Å². The Bertz CT molecular complexity index is 631. The molecule has 2 aromatic rings. The van der Waals surface area contributed by atoms with Crippen LogP contribution in [-0.2, 0) is 0 Å². The Balaban J connectivity index is 2.40. The van der Waals surface area contributed by atoms with Gasteiger partial charge in [0.05, 0.1) is 10.7 Å². The van der Waals surface area contributed by atoms with Crippen LogP contribution in [0.25, 0.3) is 0 Å². The van der Waals surface area contributed by atoms with E-state index in [1.165, 1.54) is 6.07 Å². The van der Waals surface area contributed by atoms with Crippen molar-refractivity contribution < 1.29 is 4.39 Å². The van der Waals surface area contributed by atoms with Gasteiger partial charge < -0.3 is 10.6 Å². The average molecular weight is 295 g/mol. The third-order valence-electron chi connectivity index (χ3n) is 2.81. The molecule has 0 spiro atoms. The number of aromatic nitrogens is 2. The normalized spacial score (nSPS) is 10.4. The van der Waals surface area contributed by atoms with Crippen molar-refractivity contribution in [2.24, 2.45) is 0 Å². The molecule has 1 heterocycles. The van der Waals surface area contributed by atoms with Crippen LogP contribution in [0.4, 0.5) is 21.7 Å². The van der Waals surface area contributed by atoms with Gasteiger partial charge in [0.2, 0.25) is 0 Å². The van der Waals surface area contributed by atoms with Gasteiger partial charge in [0.15, 0.2) is 5.82 Å². The number of hydrogen-bond donors (Lipinski definition) is 2. The number of nitrogens with one attached hydrogen (secondary N) is 2. The molecule has 0 aliphatic rings. The Morgan fingerprint density at radius 1 is 1.20 bits per heavy atom. The topological polar surface area (TPSA) is 49.8 Å². The lowest BCUT2D eigenvalue weighted by Gasteiger charge is -2.14. The zero-order valence-electron chi connectivity index (χ0n) is 11.6. The Hall–Kier alpha value is -1.88. The van der Waals surface area contributed by atoms with Gasteiger partial charge in [0, 0.05) is 12.1 Å². The van der Waals surface area contributed by atoms with Crippen LogP contribution in [0.1, 0.15) is 18.3 Å². The predicted molar refractivity (Wildman–Crippen MR) is 80.4 cm³/mol. The van der Waals surface area contributed by atoms with Gasteiger partial charge in [-0.05, 0) is 32.9 Å². The van der Waals surface area contributed by atoms with Gasteiger partial charge in [-0.1, -0.05) is 17.7 Å². The fraction of sp³-hybridized carbons (Fsp3) is 0.286. The molecule has 1 aromatic heterocycles. The van der Waals surface area contributed by atoms with Crippen LogP contribution >= 0.6 is 11.6 Å². The quantitative estimate of drug-likeness (QED) is 0.893. The van der Waals surface area contributed by atoms with Crippen LogP contribution in [0.5, 0.6) is 0 Å². The first-order valence-electron chi connectivity index (χ1n) is 6.33. The standard InChI is InChI=1S/C14H16ClFN4/c1-4-17-13-8(2)14(19-9(3)18-13)20-11-7-5-6-10(15)12(11)16/h5-7H,4H2,1-3H3,(H2,17,18,19,20). The number of anilines is 3. The highest BCUT2D eigenvalue weighted by Crippen LogP contribution is 2.27. The molecule has 0 bridgehead atoms. The summed E-state index contributed by atoms with van der Waals surface area (Å²) < 4.78 is 13.9. The number of rotatable bonds is 4. The first-order valence-corrected chi connectivity index (χ1v) is 6.71. The maximum absolute atomic E-state index is 13.9. The molecule has 6 heteroatoms. The van der Waals surface area contributed by atoms with Crippen molar-refractivity contribution in [3.8, 4) is 0 Å². The Labute approximate surface area is 122 Å². The lowest BCUT2D eigenvalue weighted by atomic mass is 10.2. The summed E-state index contributed by atoms with van der Waals surface area (Å²) >= 11 is 5.77. The molecule has 0 saturated heterocycles. The molecule has 0 aliphatic carbocycles. The van der Waals surface area contributed by atoms with E-state index in [9.17, 15) is 4.39 Å². The molecular formula is C14H16ClFN4. The monoisotopic (exact) mass is 294 g/mol. The van der Waals surface area contributed by atoms with Gasteiger partial charge in [-0.15, -0.1) is 0 Å². The number of aryl methyl sites for hydroxylation is 1. The third-order valence-corrected chi connectivity index (χ3v) is 3.10. The fourth-order valence-electron chi connectivity index (χ4n) is 1.82. The fourth-order valence-corrected chi connectivity index (χ4v) is 1.99. The minimum atomic E-state index is -0.491.